The van der Waals surface area contributed by atoms with Crippen LogP contribution in [0.1, 0.15) is 91.2 Å². The van der Waals surface area contributed by atoms with Crippen molar-refractivity contribution < 1.29 is 43.1 Å². The molecule has 20 heteroatoms. The number of fused-ring (bicyclic) bond motifs is 2. The molecule has 364 valence electrons. The molecule has 19 nitrogen and oxygen atoms in total. The van der Waals surface area contributed by atoms with Gasteiger partial charge in [0, 0.05) is 96.9 Å². The number of imide groups is 2. The van der Waals surface area contributed by atoms with Crippen LogP contribution >= 0.6 is 11.6 Å². The number of nitrogens with one attached hydrogen (secondary N) is 6. The van der Waals surface area contributed by atoms with E-state index < -0.39 is 36.0 Å². The first kappa shape index (κ1) is 47.8. The van der Waals surface area contributed by atoms with Crippen molar-refractivity contribution in [2.24, 2.45) is 0 Å². The lowest BCUT2D eigenvalue weighted by Gasteiger charge is -2.37. The molecule has 0 spiro atoms. The monoisotopic (exact) mass is 972 g/mol. The molecule has 6 N–H and O–H groups in total. The van der Waals surface area contributed by atoms with Gasteiger partial charge >= 0.3 is 12.1 Å². The molecule has 5 aliphatic heterocycles. The Morgan fingerprint density at radius 1 is 0.729 bits per heavy atom. The van der Waals surface area contributed by atoms with Crippen LogP contribution in [0, 0.1) is 13.8 Å². The molecule has 3 saturated heterocycles. The third kappa shape index (κ3) is 10.5. The van der Waals surface area contributed by atoms with Gasteiger partial charge in [-0.25, -0.2) is 9.59 Å². The Morgan fingerprint density at radius 3 is 1.80 bits per heavy atom. The molecule has 3 aromatic carbocycles. The molecule has 9 rings (SSSR count). The van der Waals surface area contributed by atoms with E-state index in [-0.39, 0.29) is 87.6 Å². The second-order valence-corrected chi connectivity index (χ2v) is 19.0. The molecule has 6 heterocycles. The quantitative estimate of drug-likeness (QED) is 0.111. The van der Waals surface area contributed by atoms with E-state index in [1.54, 1.807) is 24.3 Å². The zero-order chi connectivity index (χ0) is 49.4. The van der Waals surface area contributed by atoms with Crippen molar-refractivity contribution in [1.29, 1.82) is 0 Å². The smallest absolute Gasteiger partial charge is 0.319 e. The molecule has 0 radical (unpaired) electrons. The average Bonchev–Trinajstić information content (AvgIpc) is 3.81. The van der Waals surface area contributed by atoms with Gasteiger partial charge in [-0.2, -0.15) is 0 Å². The number of anilines is 2. The summed E-state index contributed by atoms with van der Waals surface area (Å²) >= 11 is 6.69. The number of rotatable bonds is 12. The summed E-state index contributed by atoms with van der Waals surface area (Å²) < 4.78 is 6.39. The predicted octanol–water partition coefficient (Wildman–Crippen LogP) is 4.00. The standard InChI is InChI=1S/C50H53ClN10O9/c1-26-12-33(55-49(68)52-20-28-4-6-30-22-60(47(66)38(30)13-28)41-8-10-43(62)57-45(41)64)17-35(54-26)18-37-24-59(3)36(25-70-37)16-32-15-34(19-40(51)27(32)2)56-50(69)53-21-29-5-7-31-23-61(48(67)39(31)14-29)42-9-11-44(63)58-46(42)65/h4-7,12-15,17,19,36-37,41-42H,8-11,16,18,20-25H2,1-3H3,(H2,53,56,69)(H,57,62,64)(H,58,63,65)(H2,52,54,55,68). The van der Waals surface area contributed by atoms with Gasteiger partial charge in [0.15, 0.2) is 0 Å². The number of amides is 10. The maximum atomic E-state index is 13.3. The minimum absolute atomic E-state index is 0.0167. The number of pyridine rings is 1. The first-order chi connectivity index (χ1) is 33.5. The van der Waals surface area contributed by atoms with E-state index in [2.05, 4.69) is 36.8 Å². The van der Waals surface area contributed by atoms with Crippen molar-refractivity contribution in [3.63, 3.8) is 0 Å². The van der Waals surface area contributed by atoms with Gasteiger partial charge in [0.2, 0.25) is 23.6 Å². The summed E-state index contributed by atoms with van der Waals surface area (Å²) in [6.45, 7) is 5.71. The summed E-state index contributed by atoms with van der Waals surface area (Å²) in [5.74, 6) is -2.18. The fourth-order valence-corrected chi connectivity index (χ4v) is 10.0. The maximum absolute atomic E-state index is 13.3. The number of carbonyl (C=O) groups excluding carboxylic acids is 8. The lowest BCUT2D eigenvalue weighted by atomic mass is 9.98. The summed E-state index contributed by atoms with van der Waals surface area (Å²) in [7, 11) is 2.04. The van der Waals surface area contributed by atoms with E-state index in [9.17, 15) is 38.4 Å². The molecule has 0 bridgehead atoms. The summed E-state index contributed by atoms with van der Waals surface area (Å²) in [4.78, 5) is 111. The number of halogens is 1. The number of hydrogen-bond acceptors (Lipinski definition) is 11. The van der Waals surface area contributed by atoms with Gasteiger partial charge in [-0.3, -0.25) is 49.3 Å². The van der Waals surface area contributed by atoms with E-state index >= 15 is 0 Å². The van der Waals surface area contributed by atoms with Gasteiger partial charge < -0.3 is 35.8 Å². The van der Waals surface area contributed by atoms with Gasteiger partial charge in [-0.15, -0.1) is 0 Å². The molecule has 5 aliphatic rings. The van der Waals surface area contributed by atoms with Gasteiger partial charge in [0.1, 0.15) is 12.1 Å². The van der Waals surface area contributed by atoms with Crippen LogP contribution in [-0.2, 0) is 62.9 Å². The Labute approximate surface area is 408 Å². The number of likely N-dealkylation sites (N-methyl/N-ethyl adjacent to an activating group) is 1. The van der Waals surface area contributed by atoms with Crippen molar-refractivity contribution >= 4 is 70.5 Å². The van der Waals surface area contributed by atoms with Crippen LogP contribution in [0.3, 0.4) is 0 Å². The molecule has 10 amide bonds. The lowest BCUT2D eigenvalue weighted by molar-refractivity contribution is -0.138. The zero-order valence-electron chi connectivity index (χ0n) is 38.9. The molecule has 0 saturated carbocycles. The Bertz CT molecular complexity index is 2860. The number of morpholine rings is 1. The topological polar surface area (TPSA) is 241 Å². The average molecular weight is 973 g/mol. The van der Waals surface area contributed by atoms with Crippen molar-refractivity contribution in [2.75, 3.05) is 30.8 Å². The van der Waals surface area contributed by atoms with E-state index in [0.29, 0.717) is 59.1 Å². The molecule has 4 atom stereocenters. The van der Waals surface area contributed by atoms with Crippen LogP contribution in [0.15, 0.2) is 60.7 Å². The van der Waals surface area contributed by atoms with Crippen molar-refractivity contribution in [1.82, 2.24) is 41.0 Å². The number of benzene rings is 3. The summed E-state index contributed by atoms with van der Waals surface area (Å²) in [5, 5.41) is 16.6. The van der Waals surface area contributed by atoms with E-state index in [1.807, 2.05) is 57.3 Å². The van der Waals surface area contributed by atoms with Crippen LogP contribution in [0.4, 0.5) is 21.0 Å². The second kappa shape index (κ2) is 20.0. The largest absolute Gasteiger partial charge is 0.375 e. The van der Waals surface area contributed by atoms with Crippen LogP contribution in [0.5, 0.6) is 0 Å². The Balaban J connectivity index is 0.737. The Hall–Kier alpha value is -7.22. The molecule has 3 fully saturated rings. The third-order valence-corrected chi connectivity index (χ3v) is 14.0. The number of carbonyl (C=O) groups is 8. The minimum Gasteiger partial charge on any atom is -0.375 e. The zero-order valence-corrected chi connectivity index (χ0v) is 39.7. The lowest BCUT2D eigenvalue weighted by Crippen LogP contribution is -2.52. The summed E-state index contributed by atoms with van der Waals surface area (Å²) in [6, 6.07) is 15.7. The van der Waals surface area contributed by atoms with Crippen LogP contribution in [-0.4, -0.2) is 112 Å². The van der Waals surface area contributed by atoms with Gasteiger partial charge in [0.25, 0.3) is 11.8 Å². The number of urea groups is 2. The highest BCUT2D eigenvalue weighted by Crippen LogP contribution is 2.31. The normalized spacial score (nSPS) is 21.3. The molecule has 4 unspecified atom stereocenters. The number of piperidine rings is 2. The van der Waals surface area contributed by atoms with Crippen LogP contribution < -0.4 is 31.9 Å². The van der Waals surface area contributed by atoms with Crippen LogP contribution in [0.2, 0.25) is 5.02 Å². The molecular weight excluding hydrogens is 920 g/mol. The van der Waals surface area contributed by atoms with Gasteiger partial charge in [-0.05, 0) is 110 Å². The van der Waals surface area contributed by atoms with E-state index in [4.69, 9.17) is 21.3 Å². The molecule has 70 heavy (non-hydrogen) atoms. The number of hydrogen-bond donors (Lipinski definition) is 6. The highest BCUT2D eigenvalue weighted by molar-refractivity contribution is 6.31. The van der Waals surface area contributed by atoms with Crippen molar-refractivity contribution in [3.8, 4) is 0 Å². The van der Waals surface area contributed by atoms with Crippen molar-refractivity contribution in [2.45, 2.75) is 103 Å². The number of nitrogens with zero attached hydrogens (tertiary/aromatic N) is 4. The van der Waals surface area contributed by atoms with E-state index in [1.165, 1.54) is 9.80 Å². The minimum atomic E-state index is -0.706. The Kier molecular flexibility index (Phi) is 13.7. The highest BCUT2D eigenvalue weighted by Gasteiger charge is 2.40. The number of ether oxygens (including phenoxy) is 1. The molecule has 1 aromatic heterocycles. The first-order valence-electron chi connectivity index (χ1n) is 23.3. The molecule has 4 aromatic rings. The predicted molar refractivity (Wildman–Crippen MR) is 255 cm³/mol. The molecule has 0 aliphatic carbocycles. The fraction of sp³-hybridized carbons (Fsp3) is 0.380. The first-order valence-corrected chi connectivity index (χ1v) is 23.6. The summed E-state index contributed by atoms with van der Waals surface area (Å²) in [5.41, 5.74) is 8.34. The molecular formula is C50H53ClN10O9. The number of aromatic nitrogens is 1. The SMILES string of the molecule is Cc1cc(NC(=O)NCc2ccc3c(c2)C(=O)N(C2CCC(=O)NC2=O)C3)cc(CC2CN(C)C(Cc3cc(NC(=O)NCc4ccc5c(c4)C(=O)N(C4CCC(=O)NC4=O)C5)cc(Cl)c3C)CO2)n1. The number of aryl methyl sites for hydroxylation is 1. The summed E-state index contributed by atoms with van der Waals surface area (Å²) in [6.07, 6.45) is 1.87. The van der Waals surface area contributed by atoms with Crippen molar-refractivity contribution in [3.05, 3.63) is 122 Å². The van der Waals surface area contributed by atoms with E-state index in [0.717, 1.165) is 39.2 Å². The second-order valence-electron chi connectivity index (χ2n) is 18.6. The highest BCUT2D eigenvalue weighted by atomic mass is 35.5. The third-order valence-electron chi connectivity index (χ3n) is 13.6. The van der Waals surface area contributed by atoms with Gasteiger partial charge in [-0.1, -0.05) is 35.9 Å². The van der Waals surface area contributed by atoms with Crippen LogP contribution in [0.25, 0.3) is 0 Å². The maximum Gasteiger partial charge on any atom is 0.319 e. The fourth-order valence-electron chi connectivity index (χ4n) is 9.80. The van der Waals surface area contributed by atoms with Gasteiger partial charge in [0.05, 0.1) is 12.7 Å². The Morgan fingerprint density at radius 2 is 1.27 bits per heavy atom.